The molecular formula is C20H16N4O4S. The Labute approximate surface area is 168 Å². The van der Waals surface area contributed by atoms with E-state index in [2.05, 4.69) is 4.99 Å². The van der Waals surface area contributed by atoms with Gasteiger partial charge in [-0.15, -0.1) is 0 Å². The van der Waals surface area contributed by atoms with Crippen molar-refractivity contribution in [1.82, 2.24) is 4.57 Å². The van der Waals surface area contributed by atoms with E-state index in [-0.39, 0.29) is 17.0 Å². The van der Waals surface area contributed by atoms with Gasteiger partial charge in [-0.3, -0.25) is 24.3 Å². The van der Waals surface area contributed by atoms with Gasteiger partial charge in [0.05, 0.1) is 9.46 Å². The fourth-order valence-electron chi connectivity index (χ4n) is 3.06. The van der Waals surface area contributed by atoms with Crippen molar-refractivity contribution in [2.75, 3.05) is 11.6 Å². The first kappa shape index (κ1) is 18.8. The molecule has 1 aliphatic rings. The Hall–Kier alpha value is -3.59. The molecule has 4 rings (SSSR count). The molecule has 0 unspecified atom stereocenters. The fourth-order valence-corrected chi connectivity index (χ4v) is 4.02. The quantitative estimate of drug-likeness (QED) is 0.373. The number of ketones is 1. The number of carbonyl (C=O) groups is 1. The monoisotopic (exact) mass is 408 g/mol. The predicted octanol–water partition coefficient (Wildman–Crippen LogP) is 1.90. The van der Waals surface area contributed by atoms with Crippen LogP contribution in [0.4, 0.5) is 11.4 Å². The highest BCUT2D eigenvalue weighted by Gasteiger charge is 2.16. The van der Waals surface area contributed by atoms with Gasteiger partial charge >= 0.3 is 0 Å². The zero-order valence-electron chi connectivity index (χ0n) is 15.4. The number of aromatic nitrogens is 1. The second-order valence-corrected chi connectivity index (χ2v) is 7.57. The minimum Gasteiger partial charge on any atom is -0.334 e. The van der Waals surface area contributed by atoms with Crippen molar-refractivity contribution in [3.05, 3.63) is 89.5 Å². The topological polar surface area (TPSA) is 97.8 Å². The van der Waals surface area contributed by atoms with E-state index >= 15 is 0 Å². The number of fused-ring (bicyclic) bond motifs is 1. The molecular weight excluding hydrogens is 392 g/mol. The van der Waals surface area contributed by atoms with E-state index in [1.165, 1.54) is 30.4 Å². The highest BCUT2D eigenvalue weighted by Crippen LogP contribution is 2.17. The van der Waals surface area contributed by atoms with Gasteiger partial charge in [0.25, 0.3) is 11.2 Å². The van der Waals surface area contributed by atoms with E-state index in [1.807, 2.05) is 17.0 Å². The van der Waals surface area contributed by atoms with E-state index in [9.17, 15) is 19.7 Å². The molecule has 2 aromatic carbocycles. The van der Waals surface area contributed by atoms with Crippen LogP contribution < -0.4 is 19.8 Å². The first-order valence-corrected chi connectivity index (χ1v) is 9.60. The third-order valence-electron chi connectivity index (χ3n) is 4.59. The van der Waals surface area contributed by atoms with Crippen molar-refractivity contribution in [2.45, 2.75) is 13.6 Å². The Morgan fingerprint density at radius 1 is 1.24 bits per heavy atom. The lowest BCUT2D eigenvalue weighted by molar-refractivity contribution is -0.384. The number of hydrogen-bond donors (Lipinski definition) is 0. The van der Waals surface area contributed by atoms with Crippen molar-refractivity contribution in [3.8, 4) is 0 Å². The van der Waals surface area contributed by atoms with E-state index in [0.29, 0.717) is 33.8 Å². The summed E-state index contributed by atoms with van der Waals surface area (Å²) < 4.78 is 2.05. The molecule has 2 heterocycles. The average molecular weight is 408 g/mol. The molecule has 1 aliphatic heterocycles. The van der Waals surface area contributed by atoms with Crippen LogP contribution >= 0.6 is 11.3 Å². The molecule has 29 heavy (non-hydrogen) atoms. The van der Waals surface area contributed by atoms with E-state index in [0.717, 1.165) is 5.69 Å². The number of nitrogens with zero attached hydrogens (tertiary/aromatic N) is 4. The number of thiazole rings is 1. The summed E-state index contributed by atoms with van der Waals surface area (Å²) in [6.07, 6.45) is 1.65. The van der Waals surface area contributed by atoms with Crippen molar-refractivity contribution in [2.24, 2.45) is 4.99 Å². The number of nitro groups is 1. The molecule has 8 nitrogen and oxygen atoms in total. The number of non-ortho nitro benzene ring substituents is 1. The number of hydrogen-bond acceptors (Lipinski definition) is 7. The van der Waals surface area contributed by atoms with Gasteiger partial charge in [0.2, 0.25) is 0 Å². The number of nitro benzene ring substituents is 1. The van der Waals surface area contributed by atoms with Crippen LogP contribution in [0.2, 0.25) is 0 Å². The Balaban J connectivity index is 1.66. The molecule has 0 saturated carbocycles. The fraction of sp³-hybridized carbons (Fsp3) is 0.150. The minimum atomic E-state index is -0.464. The standard InChI is InChI=1S/C20H16N4O4S/c1-13(25)15-5-7-16(8-6-15)22-11-21-20-23(12-22)19(26)18(29-20)10-14-3-2-4-17(9-14)24(27)28/h2-10H,11-12H2,1H3. The highest BCUT2D eigenvalue weighted by atomic mass is 32.1. The van der Waals surface area contributed by atoms with E-state index in [4.69, 9.17) is 0 Å². The first-order valence-electron chi connectivity index (χ1n) is 8.78. The summed E-state index contributed by atoms with van der Waals surface area (Å²) >= 11 is 1.26. The molecule has 0 saturated heterocycles. The van der Waals surface area contributed by atoms with Crippen LogP contribution in [0.15, 0.2) is 58.3 Å². The zero-order valence-corrected chi connectivity index (χ0v) is 16.3. The Morgan fingerprint density at radius 3 is 2.69 bits per heavy atom. The summed E-state index contributed by atoms with van der Waals surface area (Å²) in [6, 6.07) is 13.3. The van der Waals surface area contributed by atoms with Gasteiger partial charge in [0.1, 0.15) is 13.3 Å². The summed E-state index contributed by atoms with van der Waals surface area (Å²) in [5, 5.41) is 11.0. The van der Waals surface area contributed by atoms with Crippen molar-refractivity contribution >= 4 is 34.6 Å². The van der Waals surface area contributed by atoms with Crippen LogP contribution in [0.5, 0.6) is 0 Å². The maximum Gasteiger partial charge on any atom is 0.271 e. The number of benzene rings is 2. The molecule has 9 heteroatoms. The lowest BCUT2D eigenvalue weighted by Crippen LogP contribution is -2.42. The summed E-state index contributed by atoms with van der Waals surface area (Å²) in [5.74, 6) is -0.00227. The van der Waals surface area contributed by atoms with E-state index < -0.39 is 4.92 Å². The van der Waals surface area contributed by atoms with Gasteiger partial charge in [-0.2, -0.15) is 0 Å². The van der Waals surface area contributed by atoms with Gasteiger partial charge in [0, 0.05) is 23.4 Å². The lowest BCUT2D eigenvalue weighted by atomic mass is 10.1. The van der Waals surface area contributed by atoms with Crippen LogP contribution in [-0.2, 0) is 6.67 Å². The van der Waals surface area contributed by atoms with Crippen molar-refractivity contribution in [3.63, 3.8) is 0 Å². The highest BCUT2D eigenvalue weighted by molar-refractivity contribution is 7.07. The van der Waals surface area contributed by atoms with Gasteiger partial charge in [-0.05, 0) is 42.8 Å². The summed E-state index contributed by atoms with van der Waals surface area (Å²) in [4.78, 5) is 41.8. The van der Waals surface area contributed by atoms with Crippen LogP contribution in [0.25, 0.3) is 6.08 Å². The largest absolute Gasteiger partial charge is 0.334 e. The van der Waals surface area contributed by atoms with Gasteiger partial charge in [-0.1, -0.05) is 23.5 Å². The maximum absolute atomic E-state index is 12.8. The van der Waals surface area contributed by atoms with Gasteiger partial charge < -0.3 is 4.90 Å². The smallest absolute Gasteiger partial charge is 0.271 e. The molecule has 0 fully saturated rings. The lowest BCUT2D eigenvalue weighted by Gasteiger charge is -2.25. The molecule has 0 atom stereocenters. The summed E-state index contributed by atoms with van der Waals surface area (Å²) in [7, 11) is 0. The maximum atomic E-state index is 12.8. The van der Waals surface area contributed by atoms with Crippen molar-refractivity contribution < 1.29 is 9.72 Å². The van der Waals surface area contributed by atoms with Crippen molar-refractivity contribution in [1.29, 1.82) is 0 Å². The Morgan fingerprint density at radius 2 is 2.00 bits per heavy atom. The Bertz CT molecular complexity index is 1290. The normalized spacial score (nSPS) is 13.7. The third-order valence-corrected chi connectivity index (χ3v) is 5.64. The van der Waals surface area contributed by atoms with Crippen LogP contribution in [0.3, 0.4) is 0 Å². The SMILES string of the molecule is CC(=O)c1ccc(N2CN=c3sc(=Cc4cccc([N+](=O)[O-])c4)c(=O)n3C2)cc1. The van der Waals surface area contributed by atoms with E-state index in [1.54, 1.807) is 34.9 Å². The number of Topliss-reactive ketones (excluding diaryl/α,β-unsaturated/α-hetero) is 1. The third kappa shape index (κ3) is 3.72. The van der Waals surface area contributed by atoms with Gasteiger partial charge in [-0.25, -0.2) is 4.99 Å². The Kier molecular flexibility index (Phi) is 4.81. The average Bonchev–Trinajstić information content (AvgIpc) is 3.03. The predicted molar refractivity (Wildman–Crippen MR) is 110 cm³/mol. The second-order valence-electron chi connectivity index (χ2n) is 6.56. The molecule has 0 amide bonds. The number of carbonyl (C=O) groups excluding carboxylic acids is 1. The molecule has 3 aromatic rings. The molecule has 0 N–H and O–H groups in total. The molecule has 0 radical (unpaired) electrons. The summed E-state index contributed by atoms with van der Waals surface area (Å²) in [6.45, 7) is 2.26. The summed E-state index contributed by atoms with van der Waals surface area (Å²) in [5.41, 5.74) is 1.87. The van der Waals surface area contributed by atoms with Crippen LogP contribution in [-0.4, -0.2) is 21.9 Å². The number of anilines is 1. The molecule has 0 aliphatic carbocycles. The number of rotatable bonds is 4. The molecule has 0 bridgehead atoms. The minimum absolute atomic E-state index is 0.00227. The van der Waals surface area contributed by atoms with Gasteiger partial charge in [0.15, 0.2) is 10.6 Å². The van der Waals surface area contributed by atoms with Crippen LogP contribution in [0, 0.1) is 10.1 Å². The second kappa shape index (κ2) is 7.44. The van der Waals surface area contributed by atoms with Crippen LogP contribution in [0.1, 0.15) is 22.8 Å². The first-order chi connectivity index (χ1) is 13.9. The molecule has 0 spiro atoms. The molecule has 1 aromatic heterocycles. The molecule has 146 valence electrons. The zero-order chi connectivity index (χ0) is 20.5.